The highest BCUT2D eigenvalue weighted by atomic mass is 35.5. The summed E-state index contributed by atoms with van der Waals surface area (Å²) in [5.41, 5.74) is 7.59. The van der Waals surface area contributed by atoms with Crippen molar-refractivity contribution in [3.8, 4) is 0 Å². The van der Waals surface area contributed by atoms with Crippen molar-refractivity contribution in [2.24, 2.45) is 0 Å². The minimum atomic E-state index is -0.587. The first kappa shape index (κ1) is 21.2. The largest absolute Gasteiger partial charge is 0.276 e. The third-order valence-corrected chi connectivity index (χ3v) is 5.87. The topological polar surface area (TPSA) is 34.1 Å². The van der Waals surface area contributed by atoms with Gasteiger partial charge in [-0.1, -0.05) is 0 Å². The summed E-state index contributed by atoms with van der Waals surface area (Å²) in [5, 5.41) is -1.17. The summed E-state index contributed by atoms with van der Waals surface area (Å²) in [5.74, 6) is 0.721. The number of halogens is 4. The number of alkyl halides is 2. The lowest BCUT2D eigenvalue weighted by Gasteiger charge is -2.21. The van der Waals surface area contributed by atoms with Gasteiger partial charge in [0.05, 0.1) is 0 Å². The molecule has 0 saturated heterocycles. The number of rotatable bonds is 6. The Labute approximate surface area is 173 Å². The summed E-state index contributed by atoms with van der Waals surface area (Å²) in [4.78, 5) is 23.4. The van der Waals surface area contributed by atoms with Crippen LogP contribution in [-0.2, 0) is 18.2 Å². The van der Waals surface area contributed by atoms with E-state index in [0.717, 1.165) is 33.4 Å². The van der Waals surface area contributed by atoms with Crippen molar-refractivity contribution < 1.29 is 9.59 Å². The zero-order chi connectivity index (χ0) is 19.6. The van der Waals surface area contributed by atoms with Crippen molar-refractivity contribution in [2.75, 3.05) is 0 Å². The van der Waals surface area contributed by atoms with Crippen LogP contribution in [0.25, 0.3) is 0 Å². The Bertz CT molecular complexity index is 888. The quantitative estimate of drug-likeness (QED) is 0.389. The van der Waals surface area contributed by atoms with Crippen LogP contribution in [0.15, 0.2) is 18.2 Å². The van der Waals surface area contributed by atoms with Gasteiger partial charge in [0.1, 0.15) is 0 Å². The molecule has 0 aliphatic heterocycles. The Morgan fingerprint density at radius 1 is 0.808 bits per heavy atom. The average Bonchev–Trinajstić information content (AvgIpc) is 2.60. The molecule has 0 fully saturated rings. The van der Waals surface area contributed by atoms with Crippen molar-refractivity contribution >= 4 is 56.9 Å². The summed E-state index contributed by atoms with van der Waals surface area (Å²) < 4.78 is 0. The SMILES string of the molecule is Cc1c(C)c(CCl)c(Cc2cc(C(=O)Cl)ccc2C(=O)Cl)c(C)c1CCl. The molecule has 2 aromatic carbocycles. The van der Waals surface area contributed by atoms with Crippen LogP contribution in [0.4, 0.5) is 0 Å². The number of hydrogen-bond donors (Lipinski definition) is 0. The number of carbonyl (C=O) groups is 2. The lowest BCUT2D eigenvalue weighted by atomic mass is 9.85. The zero-order valence-corrected chi connectivity index (χ0v) is 17.7. The molecule has 26 heavy (non-hydrogen) atoms. The first-order valence-corrected chi connectivity index (χ1v) is 9.80. The van der Waals surface area contributed by atoms with Crippen molar-refractivity contribution in [1.29, 1.82) is 0 Å². The normalized spacial score (nSPS) is 10.9. The van der Waals surface area contributed by atoms with Gasteiger partial charge in [-0.15, -0.1) is 23.2 Å². The fraction of sp³-hybridized carbons (Fsp3) is 0.300. The number of carbonyl (C=O) groups excluding carboxylic acids is 2. The van der Waals surface area contributed by atoms with Crippen molar-refractivity contribution in [2.45, 2.75) is 39.0 Å². The predicted octanol–water partition coefficient (Wildman–Crippen LogP) is 6.44. The van der Waals surface area contributed by atoms with E-state index in [-0.39, 0.29) is 0 Å². The first-order chi connectivity index (χ1) is 12.2. The van der Waals surface area contributed by atoms with Gasteiger partial charge < -0.3 is 0 Å². The van der Waals surface area contributed by atoms with Crippen molar-refractivity contribution in [3.63, 3.8) is 0 Å². The Kier molecular flexibility index (Phi) is 7.15. The first-order valence-electron chi connectivity index (χ1n) is 7.97. The zero-order valence-electron chi connectivity index (χ0n) is 14.7. The standard InChI is InChI=1S/C20H18Cl4O2/c1-10-11(2)18(9-22)16(12(3)17(10)8-21)7-14-6-13(19(23)25)4-5-15(14)20(24)26/h4-6H,7-9H2,1-3H3. The monoisotopic (exact) mass is 430 g/mol. The van der Waals surface area contributed by atoms with Crippen LogP contribution in [0.3, 0.4) is 0 Å². The van der Waals surface area contributed by atoms with Gasteiger partial charge in [-0.2, -0.15) is 0 Å². The molecule has 2 nitrogen and oxygen atoms in total. The summed E-state index contributed by atoms with van der Waals surface area (Å²) in [6.45, 7) is 6.03. The Balaban J connectivity index is 2.72. The van der Waals surface area contributed by atoms with Crippen LogP contribution in [-0.4, -0.2) is 10.5 Å². The fourth-order valence-electron chi connectivity index (χ4n) is 3.23. The smallest absolute Gasteiger partial charge is 0.252 e. The van der Waals surface area contributed by atoms with Crippen LogP contribution in [0, 0.1) is 20.8 Å². The lowest BCUT2D eigenvalue weighted by molar-refractivity contribution is 0.106. The van der Waals surface area contributed by atoms with E-state index < -0.39 is 10.5 Å². The van der Waals surface area contributed by atoms with Crippen molar-refractivity contribution in [1.82, 2.24) is 0 Å². The van der Waals surface area contributed by atoms with E-state index in [1.807, 2.05) is 20.8 Å². The van der Waals surface area contributed by atoms with Gasteiger partial charge in [-0.3, -0.25) is 9.59 Å². The third kappa shape index (κ3) is 4.09. The molecule has 0 aromatic heterocycles. The second-order valence-corrected chi connectivity index (χ2v) is 7.40. The Hall–Kier alpha value is -1.06. The fourth-order valence-corrected chi connectivity index (χ4v) is 4.30. The summed E-state index contributed by atoms with van der Waals surface area (Å²) in [6, 6.07) is 4.63. The molecule has 0 unspecified atom stereocenters. The highest BCUT2D eigenvalue weighted by Gasteiger charge is 2.19. The summed E-state index contributed by atoms with van der Waals surface area (Å²) in [6.07, 6.45) is 0.407. The van der Waals surface area contributed by atoms with Crippen LogP contribution in [0.1, 0.15) is 59.7 Å². The molecule has 0 atom stereocenters. The lowest BCUT2D eigenvalue weighted by Crippen LogP contribution is -2.09. The second kappa shape index (κ2) is 8.75. The van der Waals surface area contributed by atoms with Crippen LogP contribution in [0.5, 0.6) is 0 Å². The Morgan fingerprint density at radius 2 is 1.38 bits per heavy atom. The van der Waals surface area contributed by atoms with Gasteiger partial charge in [0, 0.05) is 22.9 Å². The van der Waals surface area contributed by atoms with Gasteiger partial charge in [-0.05, 0) is 108 Å². The molecule has 0 bridgehead atoms. The molecule has 138 valence electrons. The molecule has 0 radical (unpaired) electrons. The predicted molar refractivity (Wildman–Crippen MR) is 109 cm³/mol. The van der Waals surface area contributed by atoms with Gasteiger partial charge in [0.2, 0.25) is 0 Å². The molecule has 0 heterocycles. The van der Waals surface area contributed by atoms with Crippen LogP contribution in [0.2, 0.25) is 0 Å². The minimum absolute atomic E-state index is 0.315. The molecule has 0 aliphatic rings. The maximum Gasteiger partial charge on any atom is 0.252 e. The van der Waals surface area contributed by atoms with E-state index >= 15 is 0 Å². The minimum Gasteiger partial charge on any atom is -0.276 e. The molecule has 0 saturated carbocycles. The number of hydrogen-bond acceptors (Lipinski definition) is 2. The van der Waals surface area contributed by atoms with E-state index in [9.17, 15) is 9.59 Å². The second-order valence-electron chi connectivity index (χ2n) is 6.17. The van der Waals surface area contributed by atoms with Crippen LogP contribution < -0.4 is 0 Å². The van der Waals surface area contributed by atoms with E-state index in [1.54, 1.807) is 6.07 Å². The molecule has 0 amide bonds. The Morgan fingerprint density at radius 3 is 1.88 bits per heavy atom. The highest BCUT2D eigenvalue weighted by Crippen LogP contribution is 2.32. The number of benzene rings is 2. The van der Waals surface area contributed by atoms with Gasteiger partial charge in [-0.25, -0.2) is 0 Å². The molecule has 0 N–H and O–H groups in total. The molecule has 6 heteroatoms. The third-order valence-electron chi connectivity index (χ3n) is 4.92. The molecular weight excluding hydrogens is 414 g/mol. The maximum absolute atomic E-state index is 11.8. The van der Waals surface area contributed by atoms with Crippen molar-refractivity contribution in [3.05, 3.63) is 68.3 Å². The molecule has 0 aliphatic carbocycles. The van der Waals surface area contributed by atoms with E-state index in [4.69, 9.17) is 46.4 Å². The highest BCUT2D eigenvalue weighted by molar-refractivity contribution is 6.68. The summed E-state index contributed by atoms with van der Waals surface area (Å²) in [7, 11) is 0. The van der Waals surface area contributed by atoms with Gasteiger partial charge in [0.15, 0.2) is 0 Å². The van der Waals surface area contributed by atoms with E-state index in [1.165, 1.54) is 12.1 Å². The molecular formula is C20H18Cl4O2. The van der Waals surface area contributed by atoms with Gasteiger partial charge >= 0.3 is 0 Å². The molecule has 2 rings (SSSR count). The molecule has 2 aromatic rings. The summed E-state index contributed by atoms with van der Waals surface area (Å²) >= 11 is 23.7. The average molecular weight is 432 g/mol. The van der Waals surface area contributed by atoms with E-state index in [2.05, 4.69) is 0 Å². The van der Waals surface area contributed by atoms with E-state index in [0.29, 0.717) is 34.9 Å². The van der Waals surface area contributed by atoms with Crippen LogP contribution >= 0.6 is 46.4 Å². The maximum atomic E-state index is 11.8. The van der Waals surface area contributed by atoms with Gasteiger partial charge in [0.25, 0.3) is 10.5 Å². The molecule has 0 spiro atoms.